The molecule has 77 heavy (non-hydrogen) atoms. The van der Waals surface area contributed by atoms with Gasteiger partial charge in [0.1, 0.15) is 31.7 Å². The van der Waals surface area contributed by atoms with Crippen molar-refractivity contribution < 1.29 is 71.3 Å². The second kappa shape index (κ2) is 31.5. The van der Waals surface area contributed by atoms with Crippen LogP contribution in [0.2, 0.25) is 0 Å². The fourth-order valence-electron chi connectivity index (χ4n) is 6.71. The van der Waals surface area contributed by atoms with Crippen LogP contribution in [0.4, 0.5) is 10.5 Å². The highest BCUT2D eigenvalue weighted by atomic mass is 31.2. The van der Waals surface area contributed by atoms with Crippen molar-refractivity contribution in [2.24, 2.45) is 21.7 Å². The maximum atomic E-state index is 13.4. The van der Waals surface area contributed by atoms with E-state index in [-0.39, 0.29) is 63.3 Å². The number of rotatable bonds is 35. The van der Waals surface area contributed by atoms with E-state index in [1.165, 1.54) is 6.33 Å². The first-order valence-corrected chi connectivity index (χ1v) is 27.7. The molecule has 1 heterocycles. The molecule has 0 aliphatic rings. The number of nitrogens with zero attached hydrogens (tertiary/aromatic N) is 3. The number of alkyl carbamates (subject to hydrolysis) is 1. The van der Waals surface area contributed by atoms with E-state index in [0.717, 1.165) is 29.8 Å². The van der Waals surface area contributed by atoms with Gasteiger partial charge < -0.3 is 54.5 Å². The largest absolute Gasteiger partial charge is 0.472 e. The van der Waals surface area contributed by atoms with Gasteiger partial charge in [-0.05, 0) is 122 Å². The number of hydrogen-bond donors (Lipinski definition) is 5. The Bertz CT molecular complexity index is 2210. The predicted molar refractivity (Wildman–Crippen MR) is 294 cm³/mol. The number of carbonyl (C=O) groups is 5. The molecule has 22 heteroatoms. The van der Waals surface area contributed by atoms with Crippen molar-refractivity contribution in [1.82, 2.24) is 25.9 Å². The number of esters is 2. The number of nitrogens with one attached hydrogen (secondary N) is 3. The maximum absolute atomic E-state index is 13.4. The highest BCUT2D eigenvalue weighted by Gasteiger charge is 2.36. The van der Waals surface area contributed by atoms with Gasteiger partial charge in [-0.15, -0.1) is 0 Å². The van der Waals surface area contributed by atoms with Crippen LogP contribution >= 0.6 is 7.82 Å². The minimum atomic E-state index is -4.75. The van der Waals surface area contributed by atoms with E-state index in [1.54, 1.807) is 67.7 Å². The summed E-state index contributed by atoms with van der Waals surface area (Å²) in [7, 11) is -4.75. The highest BCUT2D eigenvalue weighted by molar-refractivity contribution is 7.47. The second-order valence-electron chi connectivity index (χ2n) is 23.9. The number of carbonyl (C=O) groups excluding carboxylic acids is 5. The number of benzene rings is 1. The Hall–Kier alpha value is -5.02. The molecular weight excluding hydrogens is 1020 g/mol. The summed E-state index contributed by atoms with van der Waals surface area (Å²) in [5.41, 5.74) is -1.00. The number of hydrogen-bond acceptors (Lipinski definition) is 17. The van der Waals surface area contributed by atoms with E-state index >= 15 is 0 Å². The van der Waals surface area contributed by atoms with Gasteiger partial charge in [0.25, 0.3) is 0 Å². The smallest absolute Gasteiger partial charge is 0.461 e. The fraction of sp³-hybridized carbons (Fsp3) is 0.691. The Morgan fingerprint density at radius 2 is 1.30 bits per heavy atom. The molecular formula is C55H91N6O15P. The van der Waals surface area contributed by atoms with E-state index in [2.05, 4.69) is 67.5 Å². The van der Waals surface area contributed by atoms with Crippen molar-refractivity contribution >= 4 is 55.5 Å². The SMILES string of the molecule is CC(C)(C)CCC(C)(C)C(=O)OCC(COP(=O)(O)OCCNC(=O)OC(C)(C)CCOC(C)(C)CNC(=O)COCC(=O)NCCN(CCO)c1ccc(/C=C/c2ccncn2)cc1)OC(=O)C(C)(C)CCC(C)(C)C. The average Bonchev–Trinajstić information content (AvgIpc) is 3.33. The van der Waals surface area contributed by atoms with E-state index in [1.807, 2.05) is 41.3 Å². The fourth-order valence-corrected chi connectivity index (χ4v) is 7.46. The molecule has 1 aromatic heterocycles. The van der Waals surface area contributed by atoms with Crippen molar-refractivity contribution in [3.8, 4) is 0 Å². The lowest BCUT2D eigenvalue weighted by Crippen LogP contribution is -2.43. The van der Waals surface area contributed by atoms with Gasteiger partial charge >= 0.3 is 25.9 Å². The normalized spacial score (nSPS) is 13.8. The Balaban J connectivity index is 1.74. The molecule has 2 aromatic rings. The Morgan fingerprint density at radius 1 is 0.688 bits per heavy atom. The van der Waals surface area contributed by atoms with Gasteiger partial charge in [0, 0.05) is 51.0 Å². The number of phosphoric ester groups is 1. The van der Waals surface area contributed by atoms with Crippen LogP contribution in [0, 0.1) is 21.7 Å². The molecule has 3 amide bonds. The molecule has 2 atom stereocenters. The van der Waals surface area contributed by atoms with Gasteiger partial charge in [0.05, 0.1) is 48.6 Å². The molecule has 21 nitrogen and oxygen atoms in total. The highest BCUT2D eigenvalue weighted by Crippen LogP contribution is 2.43. The molecule has 0 spiro atoms. The van der Waals surface area contributed by atoms with Gasteiger partial charge in [0.15, 0.2) is 6.10 Å². The quantitative estimate of drug-likeness (QED) is 0.0192. The van der Waals surface area contributed by atoms with E-state index in [9.17, 15) is 38.5 Å². The van der Waals surface area contributed by atoms with Gasteiger partial charge in [-0.2, -0.15) is 0 Å². The van der Waals surface area contributed by atoms with Crippen LogP contribution in [0.5, 0.6) is 0 Å². The van der Waals surface area contributed by atoms with Gasteiger partial charge in [-0.25, -0.2) is 19.3 Å². The summed E-state index contributed by atoms with van der Waals surface area (Å²) in [5, 5.41) is 17.6. The summed E-state index contributed by atoms with van der Waals surface area (Å²) in [4.78, 5) is 84.7. The van der Waals surface area contributed by atoms with Gasteiger partial charge in [0.2, 0.25) is 11.8 Å². The monoisotopic (exact) mass is 1110 g/mol. The topological polar surface area (TPSA) is 273 Å². The zero-order valence-electron chi connectivity index (χ0n) is 48.3. The average molecular weight is 1110 g/mol. The molecule has 0 aliphatic heterocycles. The molecule has 0 bridgehead atoms. The third kappa shape index (κ3) is 30.6. The number of phosphoric acid groups is 1. The third-order valence-corrected chi connectivity index (χ3v) is 12.9. The number of aromatic nitrogens is 2. The number of ether oxygens (including phenoxy) is 5. The summed E-state index contributed by atoms with van der Waals surface area (Å²) >= 11 is 0. The van der Waals surface area contributed by atoms with E-state index < -0.39 is 85.6 Å². The Labute approximate surface area is 457 Å². The lowest BCUT2D eigenvalue weighted by molar-refractivity contribution is -0.172. The van der Waals surface area contributed by atoms with Gasteiger partial charge in [-0.1, -0.05) is 59.8 Å². The lowest BCUT2D eigenvalue weighted by atomic mass is 9.80. The number of aliphatic hydroxyl groups excluding tert-OH is 1. The minimum absolute atomic E-state index is 0.00940. The molecule has 5 N–H and O–H groups in total. The first-order valence-electron chi connectivity index (χ1n) is 26.2. The molecule has 0 saturated heterocycles. The lowest BCUT2D eigenvalue weighted by Gasteiger charge is -2.30. The van der Waals surface area contributed by atoms with Crippen LogP contribution in [0.25, 0.3) is 12.2 Å². The summed E-state index contributed by atoms with van der Waals surface area (Å²) < 4.78 is 51.4. The number of anilines is 1. The van der Waals surface area contributed by atoms with Crippen LogP contribution < -0.4 is 20.9 Å². The van der Waals surface area contributed by atoms with Crippen molar-refractivity contribution in [1.29, 1.82) is 0 Å². The molecule has 2 unspecified atom stereocenters. The van der Waals surface area contributed by atoms with E-state index in [4.69, 9.17) is 32.7 Å². The van der Waals surface area contributed by atoms with Gasteiger partial charge in [-0.3, -0.25) is 28.2 Å². The van der Waals surface area contributed by atoms with Crippen molar-refractivity contribution in [2.45, 2.75) is 146 Å². The first-order chi connectivity index (χ1) is 35.6. The van der Waals surface area contributed by atoms with Crippen molar-refractivity contribution in [3.05, 3.63) is 54.1 Å². The molecule has 2 rings (SSSR count). The minimum Gasteiger partial charge on any atom is -0.461 e. The first kappa shape index (κ1) is 68.1. The van der Waals surface area contributed by atoms with Crippen LogP contribution in [0.15, 0.2) is 42.9 Å². The summed E-state index contributed by atoms with van der Waals surface area (Å²) in [5.74, 6) is -1.95. The zero-order chi connectivity index (χ0) is 58.1. The molecule has 0 aliphatic carbocycles. The molecule has 0 radical (unpaired) electrons. The zero-order valence-corrected chi connectivity index (χ0v) is 49.2. The standard InChI is InChI=1S/C55H91N6O15P/c1-50(2,3)22-24-52(7,8)47(65)71-35-44(75-48(66)53(9,10)25-23-51(4,5)6)36-74-77(68,69)73-34-29-58-49(67)76-54(11,12)26-33-72-55(13,14)39-59-46(64)38-70-37-45(63)57-28-30-61(31-32-62)43-19-16-41(17-20-43)15-18-42-21-27-56-40-60-42/h15-21,27,40,44,62H,22-26,28-39H2,1-14H3,(H,57,63)(H,58,67)(H,59,64)(H,68,69)/b18-15+. The Morgan fingerprint density at radius 3 is 1.88 bits per heavy atom. The van der Waals surface area contributed by atoms with Crippen LogP contribution in [0.3, 0.4) is 0 Å². The van der Waals surface area contributed by atoms with Crippen molar-refractivity contribution in [2.75, 3.05) is 83.9 Å². The Kier molecular flexibility index (Phi) is 27.9. The molecule has 436 valence electrons. The summed E-state index contributed by atoms with van der Waals surface area (Å²) in [6.45, 7) is 25.2. The molecule has 0 fully saturated rings. The third-order valence-electron chi connectivity index (χ3n) is 12.0. The second-order valence-corrected chi connectivity index (χ2v) is 25.4. The van der Waals surface area contributed by atoms with Crippen LogP contribution in [-0.4, -0.2) is 146 Å². The molecule has 1 aromatic carbocycles. The summed E-state index contributed by atoms with van der Waals surface area (Å²) in [6.07, 6.45) is 7.74. The number of amides is 3. The summed E-state index contributed by atoms with van der Waals surface area (Å²) in [6, 6.07) is 9.56. The predicted octanol–water partition coefficient (Wildman–Crippen LogP) is 7.68. The van der Waals surface area contributed by atoms with E-state index in [0.29, 0.717) is 25.9 Å². The van der Waals surface area contributed by atoms with Crippen LogP contribution in [-0.2, 0) is 56.5 Å². The molecule has 0 saturated carbocycles. The van der Waals surface area contributed by atoms with Crippen LogP contribution in [0.1, 0.15) is 140 Å². The van der Waals surface area contributed by atoms with Crippen molar-refractivity contribution in [3.63, 3.8) is 0 Å². The maximum Gasteiger partial charge on any atom is 0.472 e. The number of aliphatic hydroxyl groups is 1.